The van der Waals surface area contributed by atoms with Gasteiger partial charge >= 0.3 is 5.97 Å². The summed E-state index contributed by atoms with van der Waals surface area (Å²) >= 11 is 5.97. The third-order valence-electron chi connectivity index (χ3n) is 4.52. The average molecular weight is 327 g/mol. The van der Waals surface area contributed by atoms with Crippen molar-refractivity contribution in [1.29, 1.82) is 0 Å². The van der Waals surface area contributed by atoms with E-state index < -0.39 is 5.41 Å². The van der Waals surface area contributed by atoms with Gasteiger partial charge in [0.2, 0.25) is 0 Å². The van der Waals surface area contributed by atoms with Crippen molar-refractivity contribution in [2.75, 3.05) is 7.11 Å². The van der Waals surface area contributed by atoms with Crippen LogP contribution in [0.5, 0.6) is 5.75 Å². The van der Waals surface area contributed by atoms with E-state index >= 15 is 0 Å². The van der Waals surface area contributed by atoms with Crippen LogP contribution in [0.15, 0.2) is 48.5 Å². The normalized spacial score (nSPS) is 18.3. The number of esters is 1. The van der Waals surface area contributed by atoms with E-state index in [-0.39, 0.29) is 5.97 Å². The number of ether oxygens (including phenoxy) is 2. The second-order valence-electron chi connectivity index (χ2n) is 5.88. The summed E-state index contributed by atoms with van der Waals surface area (Å²) in [5.74, 6) is 1.20. The van der Waals surface area contributed by atoms with Gasteiger partial charge in [-0.3, -0.25) is 4.79 Å². The number of carbonyl (C=O) groups is 1. The molecule has 0 radical (unpaired) electrons. The van der Waals surface area contributed by atoms with Crippen LogP contribution in [-0.4, -0.2) is 13.1 Å². The maximum absolute atomic E-state index is 12.5. The molecule has 0 N–H and O–H groups in total. The molecule has 4 heteroatoms. The molecule has 1 heterocycles. The molecule has 2 aromatic carbocycles. The molecular weight excluding hydrogens is 312 g/mol. The van der Waals surface area contributed by atoms with Crippen LogP contribution in [-0.2, 0) is 9.53 Å². The van der Waals surface area contributed by atoms with E-state index in [1.807, 2.05) is 36.4 Å². The Labute approximate surface area is 139 Å². The predicted molar refractivity (Wildman–Crippen MR) is 89.0 cm³/mol. The van der Waals surface area contributed by atoms with Gasteiger partial charge in [0, 0.05) is 21.7 Å². The summed E-state index contributed by atoms with van der Waals surface area (Å²) in [5, 5.41) is 0.652. The first-order valence-electron chi connectivity index (χ1n) is 7.52. The van der Waals surface area contributed by atoms with Crippen molar-refractivity contribution in [3.05, 3.63) is 64.7 Å². The van der Waals surface area contributed by atoms with Crippen molar-refractivity contribution < 1.29 is 14.3 Å². The standard InChI is InChI=1S/C19H15ClO3/c1-22-15-5-3-2-4-14(15)16-17(12-6-8-13(20)9-7-12)23-18(21)19(16)10-11-19/h2-9H,10-11H2,1H3. The second-order valence-corrected chi connectivity index (χ2v) is 6.32. The zero-order chi connectivity index (χ0) is 16.0. The lowest BCUT2D eigenvalue weighted by molar-refractivity contribution is -0.138. The lowest BCUT2D eigenvalue weighted by Gasteiger charge is -2.13. The Balaban J connectivity index is 1.95. The highest BCUT2D eigenvalue weighted by Gasteiger charge is 2.60. The highest BCUT2D eigenvalue weighted by molar-refractivity contribution is 6.30. The predicted octanol–water partition coefficient (Wildman–Crippen LogP) is 4.55. The summed E-state index contributed by atoms with van der Waals surface area (Å²) in [7, 11) is 1.64. The zero-order valence-corrected chi connectivity index (χ0v) is 13.4. The molecule has 1 aliphatic carbocycles. The van der Waals surface area contributed by atoms with Crippen molar-refractivity contribution >= 4 is 28.9 Å². The zero-order valence-electron chi connectivity index (χ0n) is 12.6. The monoisotopic (exact) mass is 326 g/mol. The first kappa shape index (κ1) is 14.3. The Kier molecular flexibility index (Phi) is 3.20. The molecule has 1 saturated carbocycles. The van der Waals surface area contributed by atoms with E-state index in [9.17, 15) is 4.79 Å². The van der Waals surface area contributed by atoms with Crippen LogP contribution < -0.4 is 4.74 Å². The van der Waals surface area contributed by atoms with Crippen LogP contribution in [0.25, 0.3) is 11.3 Å². The summed E-state index contributed by atoms with van der Waals surface area (Å²) in [4.78, 5) is 12.5. The van der Waals surface area contributed by atoms with Crippen molar-refractivity contribution in [3.63, 3.8) is 0 Å². The van der Waals surface area contributed by atoms with Gasteiger partial charge in [0.1, 0.15) is 11.5 Å². The van der Waals surface area contributed by atoms with Crippen molar-refractivity contribution in [2.45, 2.75) is 12.8 Å². The number of hydrogen-bond donors (Lipinski definition) is 0. The smallest absolute Gasteiger partial charge is 0.322 e. The Bertz CT molecular complexity index is 817. The van der Waals surface area contributed by atoms with Gasteiger partial charge in [-0.1, -0.05) is 29.8 Å². The lowest BCUT2D eigenvalue weighted by Crippen LogP contribution is -2.12. The van der Waals surface area contributed by atoms with Crippen molar-refractivity contribution in [1.82, 2.24) is 0 Å². The van der Waals surface area contributed by atoms with E-state index in [0.29, 0.717) is 10.8 Å². The molecule has 4 rings (SSSR count). The SMILES string of the molecule is COc1ccccc1C1=C(c2ccc(Cl)cc2)OC(=O)C12CC2. The first-order chi connectivity index (χ1) is 11.2. The maximum Gasteiger partial charge on any atom is 0.322 e. The number of para-hydroxylation sites is 1. The van der Waals surface area contributed by atoms with E-state index in [4.69, 9.17) is 21.1 Å². The molecule has 1 spiro atoms. The fraction of sp³-hybridized carbons (Fsp3) is 0.211. The second kappa shape index (κ2) is 5.14. The lowest BCUT2D eigenvalue weighted by atomic mass is 9.88. The fourth-order valence-corrected chi connectivity index (χ4v) is 3.30. The van der Waals surface area contributed by atoms with Crippen molar-refractivity contribution in [2.24, 2.45) is 5.41 Å². The number of carbonyl (C=O) groups excluding carboxylic acids is 1. The minimum absolute atomic E-state index is 0.164. The number of benzene rings is 2. The number of halogens is 1. The van der Waals surface area contributed by atoms with Crippen LogP contribution in [0.2, 0.25) is 5.02 Å². The van der Waals surface area contributed by atoms with Gasteiger partial charge in [-0.05, 0) is 43.2 Å². The largest absolute Gasteiger partial charge is 0.496 e. The van der Waals surface area contributed by atoms with Crippen molar-refractivity contribution in [3.8, 4) is 5.75 Å². The Morgan fingerprint density at radius 2 is 1.78 bits per heavy atom. The van der Waals surface area contributed by atoms with Crippen LogP contribution in [0.4, 0.5) is 0 Å². The summed E-state index contributed by atoms with van der Waals surface area (Å²) < 4.78 is 11.2. The molecule has 3 nitrogen and oxygen atoms in total. The third-order valence-corrected chi connectivity index (χ3v) is 4.78. The van der Waals surface area contributed by atoms with E-state index in [2.05, 4.69) is 0 Å². The fourth-order valence-electron chi connectivity index (χ4n) is 3.18. The molecule has 0 aromatic heterocycles. The molecular formula is C19H15ClO3. The van der Waals surface area contributed by atoms with Gasteiger partial charge < -0.3 is 9.47 Å². The topological polar surface area (TPSA) is 35.5 Å². The Morgan fingerprint density at radius 3 is 2.43 bits per heavy atom. The van der Waals surface area contributed by atoms with Gasteiger partial charge in [-0.25, -0.2) is 0 Å². The number of hydrogen-bond acceptors (Lipinski definition) is 3. The van der Waals surface area contributed by atoms with Crippen LogP contribution in [0.1, 0.15) is 24.0 Å². The highest BCUT2D eigenvalue weighted by atomic mass is 35.5. The quantitative estimate of drug-likeness (QED) is 0.776. The van der Waals surface area contributed by atoms with Gasteiger partial charge in [0.05, 0.1) is 12.5 Å². The third kappa shape index (κ3) is 2.15. The molecule has 0 atom stereocenters. The number of cyclic esters (lactones) is 1. The van der Waals surface area contributed by atoms with Crippen LogP contribution in [0, 0.1) is 5.41 Å². The molecule has 2 aliphatic rings. The molecule has 1 aliphatic heterocycles. The molecule has 0 saturated heterocycles. The first-order valence-corrected chi connectivity index (χ1v) is 7.90. The minimum Gasteiger partial charge on any atom is -0.496 e. The van der Waals surface area contributed by atoms with E-state index in [1.54, 1.807) is 19.2 Å². The van der Waals surface area contributed by atoms with E-state index in [0.717, 1.165) is 35.3 Å². The molecule has 0 amide bonds. The van der Waals surface area contributed by atoms with Gasteiger partial charge in [-0.15, -0.1) is 0 Å². The number of rotatable bonds is 3. The highest BCUT2D eigenvalue weighted by Crippen LogP contribution is 2.63. The van der Waals surface area contributed by atoms with Crippen LogP contribution in [0.3, 0.4) is 0 Å². The number of methoxy groups -OCH3 is 1. The summed E-state index contributed by atoms with van der Waals surface area (Å²) in [6.07, 6.45) is 1.63. The van der Waals surface area contributed by atoms with Gasteiger partial charge in [0.15, 0.2) is 0 Å². The summed E-state index contributed by atoms with van der Waals surface area (Å²) in [6, 6.07) is 15.1. The summed E-state index contributed by atoms with van der Waals surface area (Å²) in [5.41, 5.74) is 2.20. The van der Waals surface area contributed by atoms with Gasteiger partial charge in [0.25, 0.3) is 0 Å². The van der Waals surface area contributed by atoms with Crippen LogP contribution >= 0.6 is 11.6 Å². The average Bonchev–Trinajstić information content (AvgIpc) is 3.31. The molecule has 0 bridgehead atoms. The van der Waals surface area contributed by atoms with E-state index in [1.165, 1.54) is 0 Å². The molecule has 1 fully saturated rings. The summed E-state index contributed by atoms with van der Waals surface area (Å²) in [6.45, 7) is 0. The molecule has 23 heavy (non-hydrogen) atoms. The molecule has 2 aromatic rings. The maximum atomic E-state index is 12.5. The molecule has 116 valence electrons. The Morgan fingerprint density at radius 1 is 1.09 bits per heavy atom. The van der Waals surface area contributed by atoms with Gasteiger partial charge in [-0.2, -0.15) is 0 Å². The Hall–Kier alpha value is -2.26. The minimum atomic E-state index is -0.510. The molecule has 0 unspecified atom stereocenters.